The molecule has 2 rings (SSSR count). The van der Waals surface area contributed by atoms with Crippen molar-refractivity contribution < 1.29 is 0 Å². The van der Waals surface area contributed by atoms with E-state index in [4.69, 9.17) is 0 Å². The number of rotatable bonds is 3. The van der Waals surface area contributed by atoms with Crippen LogP contribution in [0.4, 0.5) is 5.82 Å². The van der Waals surface area contributed by atoms with E-state index in [0.717, 1.165) is 21.0 Å². The highest BCUT2D eigenvalue weighted by atomic mass is 79.9. The van der Waals surface area contributed by atoms with E-state index in [-0.39, 0.29) is 6.04 Å². The van der Waals surface area contributed by atoms with E-state index >= 15 is 0 Å². The molecule has 0 aromatic carbocycles. The third-order valence-electron chi connectivity index (χ3n) is 2.12. The largest absolute Gasteiger partial charge is 0.360 e. The quantitative estimate of drug-likeness (QED) is 0.937. The first-order valence-corrected chi connectivity index (χ1v) is 6.63. The van der Waals surface area contributed by atoms with Gasteiger partial charge in [-0.05, 0) is 41.9 Å². The van der Waals surface area contributed by atoms with Crippen LogP contribution in [0.3, 0.4) is 0 Å². The summed E-state index contributed by atoms with van der Waals surface area (Å²) in [5.41, 5.74) is 1.06. The van der Waals surface area contributed by atoms with Crippen molar-refractivity contribution in [2.75, 3.05) is 5.32 Å². The Balaban J connectivity index is 2.13. The average Bonchev–Trinajstić information content (AvgIpc) is 2.68. The van der Waals surface area contributed by atoms with Crippen molar-refractivity contribution in [3.8, 4) is 0 Å². The molecule has 1 atom stereocenters. The lowest BCUT2D eigenvalue weighted by Gasteiger charge is -2.12. The number of pyridine rings is 1. The molecule has 2 aromatic rings. The Hall–Kier alpha value is -0.940. The molecule has 3 nitrogen and oxygen atoms in total. The monoisotopic (exact) mass is 297 g/mol. The molecule has 0 aliphatic carbocycles. The summed E-state index contributed by atoms with van der Waals surface area (Å²) in [6.07, 6.45) is 1.77. The van der Waals surface area contributed by atoms with Crippen molar-refractivity contribution in [2.45, 2.75) is 19.9 Å². The molecular weight excluding hydrogens is 286 g/mol. The van der Waals surface area contributed by atoms with Crippen LogP contribution >= 0.6 is 27.3 Å². The van der Waals surface area contributed by atoms with E-state index in [9.17, 15) is 0 Å². The van der Waals surface area contributed by atoms with Gasteiger partial charge in [0.2, 0.25) is 0 Å². The van der Waals surface area contributed by atoms with Crippen molar-refractivity contribution in [1.29, 1.82) is 0 Å². The fourth-order valence-electron chi connectivity index (χ4n) is 1.33. The molecule has 0 aliphatic heterocycles. The summed E-state index contributed by atoms with van der Waals surface area (Å²) in [6.45, 7) is 4.09. The van der Waals surface area contributed by atoms with Gasteiger partial charge in [0.25, 0.3) is 0 Å². The minimum absolute atomic E-state index is 0.171. The summed E-state index contributed by atoms with van der Waals surface area (Å²) < 4.78 is 0.968. The molecule has 0 bridgehead atoms. The van der Waals surface area contributed by atoms with Gasteiger partial charge in [0.15, 0.2) is 0 Å². The van der Waals surface area contributed by atoms with E-state index in [0.29, 0.717) is 0 Å². The van der Waals surface area contributed by atoms with Gasteiger partial charge >= 0.3 is 0 Å². The fourth-order valence-corrected chi connectivity index (χ4v) is 2.50. The first-order chi connectivity index (χ1) is 7.66. The van der Waals surface area contributed by atoms with Crippen LogP contribution in [0.25, 0.3) is 0 Å². The van der Waals surface area contributed by atoms with Crippen molar-refractivity contribution in [3.63, 3.8) is 0 Å². The van der Waals surface area contributed by atoms with Crippen molar-refractivity contribution in [3.05, 3.63) is 38.9 Å². The van der Waals surface area contributed by atoms with Gasteiger partial charge in [0, 0.05) is 17.3 Å². The van der Waals surface area contributed by atoms with Gasteiger partial charge in [-0.15, -0.1) is 11.3 Å². The summed E-state index contributed by atoms with van der Waals surface area (Å²) in [7, 11) is 0. The minimum atomic E-state index is 0.171. The van der Waals surface area contributed by atoms with E-state index in [2.05, 4.69) is 43.5 Å². The number of aromatic nitrogens is 2. The van der Waals surface area contributed by atoms with E-state index in [1.807, 2.05) is 19.1 Å². The van der Waals surface area contributed by atoms with Gasteiger partial charge in [-0.2, -0.15) is 0 Å². The second kappa shape index (κ2) is 4.93. The van der Waals surface area contributed by atoms with Gasteiger partial charge in [0.1, 0.15) is 10.8 Å². The molecule has 1 unspecified atom stereocenters. The maximum absolute atomic E-state index is 4.45. The molecule has 5 heteroatoms. The summed E-state index contributed by atoms with van der Waals surface area (Å²) >= 11 is 5.13. The molecule has 16 heavy (non-hydrogen) atoms. The van der Waals surface area contributed by atoms with E-state index in [1.165, 1.54) is 0 Å². The molecule has 0 saturated heterocycles. The minimum Gasteiger partial charge on any atom is -0.360 e. The highest BCUT2D eigenvalue weighted by Gasteiger charge is 2.10. The Morgan fingerprint density at radius 2 is 2.31 bits per heavy atom. The van der Waals surface area contributed by atoms with Crippen molar-refractivity contribution >= 4 is 33.1 Å². The highest BCUT2D eigenvalue weighted by molar-refractivity contribution is 9.10. The number of anilines is 1. The van der Waals surface area contributed by atoms with Crippen LogP contribution in [0.15, 0.2) is 28.2 Å². The second-order valence-corrected chi connectivity index (χ2v) is 5.27. The first-order valence-electron chi connectivity index (χ1n) is 4.96. The lowest BCUT2D eigenvalue weighted by molar-refractivity contribution is 0.854. The molecule has 2 aromatic heterocycles. The van der Waals surface area contributed by atoms with E-state index < -0.39 is 0 Å². The Morgan fingerprint density at radius 1 is 1.50 bits per heavy atom. The van der Waals surface area contributed by atoms with Crippen molar-refractivity contribution in [1.82, 2.24) is 9.97 Å². The van der Waals surface area contributed by atoms with Gasteiger partial charge < -0.3 is 5.32 Å². The topological polar surface area (TPSA) is 37.8 Å². The third kappa shape index (κ3) is 2.59. The van der Waals surface area contributed by atoms with Crippen LogP contribution in [0.1, 0.15) is 23.7 Å². The third-order valence-corrected chi connectivity index (χ3v) is 3.90. The molecule has 0 amide bonds. The van der Waals surface area contributed by atoms with Crippen LogP contribution in [0.5, 0.6) is 0 Å². The number of nitrogens with zero attached hydrogens (tertiary/aromatic N) is 2. The summed E-state index contributed by atoms with van der Waals surface area (Å²) in [5, 5.41) is 6.46. The molecule has 1 N–H and O–H groups in total. The predicted molar refractivity (Wildman–Crippen MR) is 70.8 cm³/mol. The Morgan fingerprint density at radius 3 is 2.94 bits per heavy atom. The maximum Gasteiger partial charge on any atom is 0.140 e. The molecule has 2 heterocycles. The molecule has 0 saturated carbocycles. The first kappa shape index (κ1) is 11.5. The number of halogens is 1. The Labute approximate surface area is 107 Å². The standard InChI is InChI=1S/C11H12BrN3S/c1-7-6-16-11(14-7)8(2)15-10-9(12)4-3-5-13-10/h3-6,8H,1-2H3,(H,13,15). The lowest BCUT2D eigenvalue weighted by atomic mass is 10.3. The summed E-state index contributed by atoms with van der Waals surface area (Å²) in [5.74, 6) is 0.850. The van der Waals surface area contributed by atoms with E-state index in [1.54, 1.807) is 17.5 Å². The zero-order chi connectivity index (χ0) is 11.5. The van der Waals surface area contributed by atoms with Gasteiger partial charge in [0.05, 0.1) is 10.5 Å². The van der Waals surface area contributed by atoms with Gasteiger partial charge in [-0.3, -0.25) is 0 Å². The zero-order valence-corrected chi connectivity index (χ0v) is 11.5. The van der Waals surface area contributed by atoms with Crippen LogP contribution in [-0.2, 0) is 0 Å². The Kier molecular flexibility index (Phi) is 3.56. The second-order valence-electron chi connectivity index (χ2n) is 3.53. The number of aryl methyl sites for hydroxylation is 1. The molecular formula is C11H12BrN3S. The number of hydrogen-bond acceptors (Lipinski definition) is 4. The zero-order valence-electron chi connectivity index (χ0n) is 9.07. The number of nitrogens with one attached hydrogen (secondary N) is 1. The summed E-state index contributed by atoms with van der Waals surface area (Å²) in [4.78, 5) is 8.72. The maximum atomic E-state index is 4.45. The predicted octanol–water partition coefficient (Wildman–Crippen LogP) is 3.78. The highest BCUT2D eigenvalue weighted by Crippen LogP contribution is 2.25. The van der Waals surface area contributed by atoms with Gasteiger partial charge in [-0.25, -0.2) is 9.97 Å². The molecule has 84 valence electrons. The van der Waals surface area contributed by atoms with Crippen LogP contribution in [0, 0.1) is 6.92 Å². The summed E-state index contributed by atoms with van der Waals surface area (Å²) in [6, 6.07) is 4.03. The SMILES string of the molecule is Cc1csc(C(C)Nc2ncccc2Br)n1. The molecule has 0 spiro atoms. The normalized spacial score (nSPS) is 12.4. The van der Waals surface area contributed by atoms with Crippen molar-refractivity contribution in [2.24, 2.45) is 0 Å². The number of hydrogen-bond donors (Lipinski definition) is 1. The fraction of sp³-hybridized carbons (Fsp3) is 0.273. The molecule has 0 fully saturated rings. The molecule has 0 radical (unpaired) electrons. The number of thiazole rings is 1. The molecule has 0 aliphatic rings. The average molecular weight is 298 g/mol. The lowest BCUT2D eigenvalue weighted by Crippen LogP contribution is -2.08. The van der Waals surface area contributed by atoms with Gasteiger partial charge in [-0.1, -0.05) is 0 Å². The smallest absolute Gasteiger partial charge is 0.140 e. The van der Waals surface area contributed by atoms with Crippen LogP contribution in [0.2, 0.25) is 0 Å². The van der Waals surface area contributed by atoms with Crippen LogP contribution < -0.4 is 5.32 Å². The Bertz CT molecular complexity index is 484. The van der Waals surface area contributed by atoms with Crippen LogP contribution in [-0.4, -0.2) is 9.97 Å².